The second kappa shape index (κ2) is 8.82. The third kappa shape index (κ3) is 4.34. The number of aromatic amines is 2. The standard InChI is InChI=1S/C21H19ClN6O4/c1-27-20(30)18(7-17(26-27)15-9-24-21(31)25-19(15)29)28-5-4-14(10-28)32-11-12-2-3-13(8-23)16(22)6-12/h2-3,6-7,9,14H,4-5,10-11H2,1H3,(H2,24,25,29,31). The molecule has 3 aromatic rings. The molecular weight excluding hydrogens is 436 g/mol. The van der Waals surface area contributed by atoms with Crippen LogP contribution in [-0.2, 0) is 18.4 Å². The smallest absolute Gasteiger partial charge is 0.325 e. The van der Waals surface area contributed by atoms with Crippen molar-refractivity contribution in [2.24, 2.45) is 7.05 Å². The SMILES string of the molecule is Cn1nc(-c2c[nH]c(=O)[nH]c2=O)cc(N2CCC(OCc3ccc(C#N)c(Cl)c3)C2)c1=O. The highest BCUT2D eigenvalue weighted by Crippen LogP contribution is 2.23. The predicted molar refractivity (Wildman–Crippen MR) is 118 cm³/mol. The van der Waals surface area contributed by atoms with E-state index in [9.17, 15) is 14.4 Å². The summed E-state index contributed by atoms with van der Waals surface area (Å²) in [7, 11) is 1.51. The highest BCUT2D eigenvalue weighted by molar-refractivity contribution is 6.31. The Hall–Kier alpha value is -3.68. The van der Waals surface area contributed by atoms with Crippen molar-refractivity contribution in [2.75, 3.05) is 18.0 Å². The van der Waals surface area contributed by atoms with Crippen molar-refractivity contribution in [3.63, 3.8) is 0 Å². The molecule has 164 valence electrons. The lowest BCUT2D eigenvalue weighted by atomic mass is 10.1. The fourth-order valence-electron chi connectivity index (χ4n) is 3.59. The van der Waals surface area contributed by atoms with Crippen LogP contribution in [0.15, 0.2) is 44.8 Å². The number of aromatic nitrogens is 4. The van der Waals surface area contributed by atoms with Crippen LogP contribution in [0, 0.1) is 11.3 Å². The summed E-state index contributed by atoms with van der Waals surface area (Å²) in [4.78, 5) is 42.6. The van der Waals surface area contributed by atoms with E-state index in [1.165, 1.54) is 17.9 Å². The molecule has 1 aromatic carbocycles. The zero-order valence-corrected chi connectivity index (χ0v) is 17.8. The van der Waals surface area contributed by atoms with Gasteiger partial charge in [-0.1, -0.05) is 17.7 Å². The number of hydrogen-bond donors (Lipinski definition) is 2. The van der Waals surface area contributed by atoms with Gasteiger partial charge in [0.1, 0.15) is 17.5 Å². The molecule has 2 aromatic heterocycles. The van der Waals surface area contributed by atoms with Crippen molar-refractivity contribution < 1.29 is 4.74 Å². The minimum absolute atomic E-state index is 0.109. The van der Waals surface area contributed by atoms with Crippen LogP contribution in [0.1, 0.15) is 17.5 Å². The van der Waals surface area contributed by atoms with Crippen molar-refractivity contribution in [3.05, 3.63) is 77.8 Å². The van der Waals surface area contributed by atoms with Crippen LogP contribution in [-0.4, -0.2) is 38.9 Å². The summed E-state index contributed by atoms with van der Waals surface area (Å²) in [5, 5.41) is 13.5. The first-order valence-corrected chi connectivity index (χ1v) is 10.2. The second-order valence-electron chi connectivity index (χ2n) is 7.42. The van der Waals surface area contributed by atoms with E-state index in [1.54, 1.807) is 24.3 Å². The van der Waals surface area contributed by atoms with Gasteiger partial charge in [0.25, 0.3) is 11.1 Å². The molecule has 0 saturated carbocycles. The molecule has 0 bridgehead atoms. The van der Waals surface area contributed by atoms with E-state index < -0.39 is 11.2 Å². The number of aryl methyl sites for hydroxylation is 1. The van der Waals surface area contributed by atoms with E-state index in [-0.39, 0.29) is 22.9 Å². The average Bonchev–Trinajstić information content (AvgIpc) is 3.23. The minimum atomic E-state index is -0.619. The molecular formula is C21H19ClN6O4. The number of nitrogens with one attached hydrogen (secondary N) is 2. The van der Waals surface area contributed by atoms with Gasteiger partial charge in [-0.15, -0.1) is 0 Å². The Labute approximate surface area is 186 Å². The van der Waals surface area contributed by atoms with Crippen molar-refractivity contribution in [2.45, 2.75) is 19.1 Å². The maximum absolute atomic E-state index is 12.7. The fraction of sp³-hybridized carbons (Fsp3) is 0.286. The van der Waals surface area contributed by atoms with Gasteiger partial charge in [-0.25, -0.2) is 9.48 Å². The zero-order valence-electron chi connectivity index (χ0n) is 17.1. The summed E-state index contributed by atoms with van der Waals surface area (Å²) in [6.45, 7) is 1.42. The van der Waals surface area contributed by atoms with Crippen LogP contribution in [0.2, 0.25) is 5.02 Å². The number of ether oxygens (including phenoxy) is 1. The van der Waals surface area contributed by atoms with Gasteiger partial charge >= 0.3 is 5.69 Å². The molecule has 2 N–H and O–H groups in total. The summed E-state index contributed by atoms with van der Waals surface area (Å²) < 4.78 is 7.15. The monoisotopic (exact) mass is 454 g/mol. The van der Waals surface area contributed by atoms with E-state index in [4.69, 9.17) is 21.6 Å². The van der Waals surface area contributed by atoms with Gasteiger partial charge in [0, 0.05) is 26.3 Å². The first-order chi connectivity index (χ1) is 15.4. The minimum Gasteiger partial charge on any atom is -0.372 e. The van der Waals surface area contributed by atoms with Crippen molar-refractivity contribution >= 4 is 17.3 Å². The molecule has 11 heteroatoms. The lowest BCUT2D eigenvalue weighted by molar-refractivity contribution is 0.0553. The molecule has 1 atom stereocenters. The van der Waals surface area contributed by atoms with Gasteiger partial charge in [0.05, 0.1) is 28.9 Å². The van der Waals surface area contributed by atoms with Crippen molar-refractivity contribution in [3.8, 4) is 17.3 Å². The largest absolute Gasteiger partial charge is 0.372 e. The van der Waals surface area contributed by atoms with Gasteiger partial charge in [-0.2, -0.15) is 10.4 Å². The Morgan fingerprint density at radius 3 is 2.84 bits per heavy atom. The Morgan fingerprint density at radius 1 is 1.31 bits per heavy atom. The summed E-state index contributed by atoms with van der Waals surface area (Å²) in [5.74, 6) is 0. The maximum atomic E-state index is 12.7. The van der Waals surface area contributed by atoms with Crippen LogP contribution < -0.4 is 21.7 Å². The number of H-pyrrole nitrogens is 2. The summed E-state index contributed by atoms with van der Waals surface area (Å²) >= 11 is 6.07. The Balaban J connectivity index is 1.51. The Morgan fingerprint density at radius 2 is 2.12 bits per heavy atom. The van der Waals surface area contributed by atoms with E-state index >= 15 is 0 Å². The molecule has 1 fully saturated rings. The van der Waals surface area contributed by atoms with Gasteiger partial charge in [0.2, 0.25) is 0 Å². The topological polar surface area (TPSA) is 137 Å². The number of anilines is 1. The summed E-state index contributed by atoms with van der Waals surface area (Å²) in [5.41, 5.74) is 0.591. The summed E-state index contributed by atoms with van der Waals surface area (Å²) in [6, 6.07) is 8.73. The molecule has 10 nitrogen and oxygen atoms in total. The fourth-order valence-corrected chi connectivity index (χ4v) is 3.83. The van der Waals surface area contributed by atoms with Gasteiger partial charge in [0.15, 0.2) is 0 Å². The zero-order chi connectivity index (χ0) is 22.8. The highest BCUT2D eigenvalue weighted by Gasteiger charge is 2.26. The van der Waals surface area contributed by atoms with Crippen molar-refractivity contribution in [1.29, 1.82) is 5.26 Å². The summed E-state index contributed by atoms with van der Waals surface area (Å²) in [6.07, 6.45) is 1.88. The number of benzene rings is 1. The number of halogens is 1. The van der Waals surface area contributed by atoms with E-state index in [1.807, 2.05) is 11.0 Å². The molecule has 3 heterocycles. The molecule has 1 saturated heterocycles. The number of hydrogen-bond acceptors (Lipinski definition) is 7. The molecule has 0 aliphatic carbocycles. The van der Waals surface area contributed by atoms with Crippen LogP contribution in [0.5, 0.6) is 0 Å². The Kier molecular flexibility index (Phi) is 5.94. The van der Waals surface area contributed by atoms with E-state index in [2.05, 4.69) is 15.1 Å². The normalized spacial score (nSPS) is 15.7. The second-order valence-corrected chi connectivity index (χ2v) is 7.83. The third-order valence-electron chi connectivity index (χ3n) is 5.26. The lowest BCUT2D eigenvalue weighted by Crippen LogP contribution is -2.32. The molecule has 32 heavy (non-hydrogen) atoms. The molecule has 4 rings (SSSR count). The van der Waals surface area contributed by atoms with Crippen LogP contribution in [0.4, 0.5) is 5.69 Å². The van der Waals surface area contributed by atoms with E-state index in [0.29, 0.717) is 42.4 Å². The number of nitriles is 1. The molecule has 1 aliphatic rings. The number of rotatable bonds is 5. The first-order valence-electron chi connectivity index (χ1n) is 9.81. The van der Waals surface area contributed by atoms with Crippen molar-refractivity contribution in [1.82, 2.24) is 19.7 Å². The lowest BCUT2D eigenvalue weighted by Gasteiger charge is -2.19. The Bertz CT molecular complexity index is 1390. The first kappa shape index (κ1) is 21.5. The van der Waals surface area contributed by atoms with Gasteiger partial charge in [-0.05, 0) is 30.2 Å². The van der Waals surface area contributed by atoms with E-state index in [0.717, 1.165) is 5.56 Å². The quantitative estimate of drug-likeness (QED) is 0.589. The predicted octanol–water partition coefficient (Wildman–Crippen LogP) is 1.14. The molecule has 0 spiro atoms. The molecule has 1 aliphatic heterocycles. The third-order valence-corrected chi connectivity index (χ3v) is 5.58. The highest BCUT2D eigenvalue weighted by atomic mass is 35.5. The molecule has 1 unspecified atom stereocenters. The average molecular weight is 455 g/mol. The van der Waals surface area contributed by atoms with Gasteiger partial charge < -0.3 is 14.6 Å². The van der Waals surface area contributed by atoms with Crippen LogP contribution >= 0.6 is 11.6 Å². The molecule has 0 radical (unpaired) electrons. The van der Waals surface area contributed by atoms with Crippen LogP contribution in [0.3, 0.4) is 0 Å². The molecule has 0 amide bonds. The maximum Gasteiger partial charge on any atom is 0.325 e. The number of nitrogens with zero attached hydrogens (tertiary/aromatic N) is 4. The van der Waals surface area contributed by atoms with Crippen LogP contribution in [0.25, 0.3) is 11.3 Å². The van der Waals surface area contributed by atoms with Gasteiger partial charge in [-0.3, -0.25) is 14.6 Å².